The van der Waals surface area contributed by atoms with Crippen molar-refractivity contribution in [3.8, 4) is 5.69 Å². The van der Waals surface area contributed by atoms with Gasteiger partial charge in [0, 0.05) is 28.9 Å². The molecule has 0 aliphatic carbocycles. The summed E-state index contributed by atoms with van der Waals surface area (Å²) >= 11 is 1.74. The average molecular weight is 524 g/mol. The molecule has 2 N–H and O–H groups in total. The smallest absolute Gasteiger partial charge is 0.191 e. The summed E-state index contributed by atoms with van der Waals surface area (Å²) in [6.07, 6.45) is 2.98. The summed E-state index contributed by atoms with van der Waals surface area (Å²) < 4.78 is 1.99. The summed E-state index contributed by atoms with van der Waals surface area (Å²) in [6, 6.07) is 10.2. The molecule has 0 aliphatic heterocycles. The molecule has 3 rings (SSSR count). The molecule has 0 atom stereocenters. The minimum Gasteiger partial charge on any atom is -0.357 e. The van der Waals surface area contributed by atoms with E-state index in [9.17, 15) is 0 Å². The van der Waals surface area contributed by atoms with Crippen molar-refractivity contribution in [2.75, 3.05) is 6.54 Å². The number of benzene rings is 1. The van der Waals surface area contributed by atoms with Crippen LogP contribution in [0.5, 0.6) is 0 Å². The van der Waals surface area contributed by atoms with E-state index in [-0.39, 0.29) is 24.0 Å². The second-order valence-electron chi connectivity index (χ2n) is 6.52. The zero-order valence-corrected chi connectivity index (χ0v) is 20.5. The molecule has 0 spiro atoms. The maximum atomic E-state index is 4.77. The summed E-state index contributed by atoms with van der Waals surface area (Å²) in [6.45, 7) is 10.4. The minimum absolute atomic E-state index is 0. The summed E-state index contributed by atoms with van der Waals surface area (Å²) in [5.41, 5.74) is 4.35. The van der Waals surface area contributed by atoms with Crippen LogP contribution in [-0.2, 0) is 19.5 Å². The Morgan fingerprint density at radius 1 is 1.14 bits per heavy atom. The lowest BCUT2D eigenvalue weighted by Gasteiger charge is -2.10. The quantitative estimate of drug-likeness (QED) is 0.274. The number of aliphatic imine (C=N–C) groups is 1. The van der Waals surface area contributed by atoms with Crippen molar-refractivity contribution >= 4 is 41.3 Å². The SMILES string of the molecule is CCNC(=NCc1c(C)nn(-c2ccccc2)c1C)NCc1ncc(CC)s1.I. The topological polar surface area (TPSA) is 67.1 Å². The Labute approximate surface area is 193 Å². The van der Waals surface area contributed by atoms with Gasteiger partial charge in [-0.1, -0.05) is 25.1 Å². The molecule has 0 amide bonds. The molecular formula is C21H29IN6S. The normalized spacial score (nSPS) is 11.2. The minimum atomic E-state index is 0. The zero-order valence-electron chi connectivity index (χ0n) is 17.4. The monoisotopic (exact) mass is 524 g/mol. The largest absolute Gasteiger partial charge is 0.357 e. The standard InChI is InChI=1S/C21H28N6S.HI/c1-5-18-12-23-20(28-18)14-25-21(22-6-2)24-13-19-15(3)26-27(16(19)4)17-10-8-7-9-11-17;/h7-12H,5-6,13-14H2,1-4H3,(H2,22,24,25);1H. The first-order chi connectivity index (χ1) is 13.6. The lowest BCUT2D eigenvalue weighted by Crippen LogP contribution is -2.36. The molecule has 0 unspecified atom stereocenters. The predicted octanol–water partition coefficient (Wildman–Crippen LogP) is 4.38. The van der Waals surface area contributed by atoms with Crippen LogP contribution in [0.25, 0.3) is 5.69 Å². The Morgan fingerprint density at radius 2 is 1.90 bits per heavy atom. The lowest BCUT2D eigenvalue weighted by molar-refractivity contribution is 0.809. The van der Waals surface area contributed by atoms with Gasteiger partial charge in [-0.25, -0.2) is 14.7 Å². The van der Waals surface area contributed by atoms with Gasteiger partial charge in [0.2, 0.25) is 0 Å². The fourth-order valence-corrected chi connectivity index (χ4v) is 3.78. The van der Waals surface area contributed by atoms with Crippen molar-refractivity contribution < 1.29 is 0 Å². The summed E-state index contributed by atoms with van der Waals surface area (Å²) in [7, 11) is 0. The maximum absolute atomic E-state index is 4.77. The number of aryl methyl sites for hydroxylation is 2. The number of para-hydroxylation sites is 1. The van der Waals surface area contributed by atoms with Crippen LogP contribution >= 0.6 is 35.3 Å². The molecular weight excluding hydrogens is 495 g/mol. The highest BCUT2D eigenvalue weighted by atomic mass is 127. The number of halogens is 1. The Balaban J connectivity index is 0.00000300. The highest BCUT2D eigenvalue weighted by Gasteiger charge is 2.12. The van der Waals surface area contributed by atoms with Crippen LogP contribution in [0.15, 0.2) is 41.5 Å². The number of nitrogens with zero attached hydrogens (tertiary/aromatic N) is 4. The highest BCUT2D eigenvalue weighted by molar-refractivity contribution is 14.0. The molecule has 156 valence electrons. The lowest BCUT2D eigenvalue weighted by atomic mass is 10.2. The van der Waals surface area contributed by atoms with Gasteiger partial charge in [-0.3, -0.25) is 0 Å². The molecule has 29 heavy (non-hydrogen) atoms. The van der Waals surface area contributed by atoms with E-state index in [0.717, 1.165) is 46.6 Å². The molecule has 0 saturated carbocycles. The Bertz CT molecular complexity index is 932. The van der Waals surface area contributed by atoms with Crippen LogP contribution in [0.2, 0.25) is 0 Å². The van der Waals surface area contributed by atoms with E-state index in [1.165, 1.54) is 4.88 Å². The van der Waals surface area contributed by atoms with Gasteiger partial charge in [0.1, 0.15) is 5.01 Å². The number of thiazole rings is 1. The van der Waals surface area contributed by atoms with Gasteiger partial charge >= 0.3 is 0 Å². The number of hydrogen-bond donors (Lipinski definition) is 2. The average Bonchev–Trinajstić information content (AvgIpc) is 3.29. The van der Waals surface area contributed by atoms with Crippen LogP contribution in [-0.4, -0.2) is 27.3 Å². The zero-order chi connectivity index (χ0) is 19.9. The van der Waals surface area contributed by atoms with Gasteiger partial charge in [-0.15, -0.1) is 35.3 Å². The van der Waals surface area contributed by atoms with E-state index in [4.69, 9.17) is 10.1 Å². The summed E-state index contributed by atoms with van der Waals surface area (Å²) in [5.74, 6) is 0.794. The van der Waals surface area contributed by atoms with Crippen molar-refractivity contribution in [3.63, 3.8) is 0 Å². The van der Waals surface area contributed by atoms with Gasteiger partial charge in [0.25, 0.3) is 0 Å². The molecule has 1 aromatic carbocycles. The number of guanidine groups is 1. The molecule has 0 bridgehead atoms. The molecule has 0 radical (unpaired) electrons. The second-order valence-corrected chi connectivity index (χ2v) is 7.72. The van der Waals surface area contributed by atoms with Crippen molar-refractivity contribution in [2.24, 2.45) is 4.99 Å². The first-order valence-corrected chi connectivity index (χ1v) is 10.5. The molecule has 0 fully saturated rings. The van der Waals surface area contributed by atoms with E-state index in [2.05, 4.69) is 48.5 Å². The molecule has 6 nitrogen and oxygen atoms in total. The van der Waals surface area contributed by atoms with Gasteiger partial charge < -0.3 is 10.6 Å². The van der Waals surface area contributed by atoms with Crippen molar-refractivity contribution in [1.29, 1.82) is 0 Å². The van der Waals surface area contributed by atoms with E-state index in [1.54, 1.807) is 11.3 Å². The van der Waals surface area contributed by atoms with E-state index < -0.39 is 0 Å². The summed E-state index contributed by atoms with van der Waals surface area (Å²) in [5, 5.41) is 12.5. The molecule has 0 aliphatic rings. The number of aromatic nitrogens is 3. The van der Waals surface area contributed by atoms with Crippen molar-refractivity contribution in [2.45, 2.75) is 47.2 Å². The molecule has 2 aromatic heterocycles. The van der Waals surface area contributed by atoms with Crippen LogP contribution in [0.4, 0.5) is 0 Å². The van der Waals surface area contributed by atoms with E-state index in [1.807, 2.05) is 36.0 Å². The number of nitrogens with one attached hydrogen (secondary N) is 2. The molecule has 2 heterocycles. The van der Waals surface area contributed by atoms with Gasteiger partial charge in [0.15, 0.2) is 5.96 Å². The van der Waals surface area contributed by atoms with Gasteiger partial charge in [0.05, 0.1) is 24.5 Å². The van der Waals surface area contributed by atoms with Crippen LogP contribution in [0.1, 0.15) is 40.7 Å². The predicted molar refractivity (Wildman–Crippen MR) is 132 cm³/mol. The number of hydrogen-bond acceptors (Lipinski definition) is 4. The van der Waals surface area contributed by atoms with E-state index >= 15 is 0 Å². The fourth-order valence-electron chi connectivity index (χ4n) is 2.98. The van der Waals surface area contributed by atoms with Gasteiger partial charge in [-0.2, -0.15) is 5.10 Å². The van der Waals surface area contributed by atoms with Gasteiger partial charge in [-0.05, 0) is 39.3 Å². The first kappa shape index (κ1) is 23.3. The molecule has 8 heteroatoms. The third kappa shape index (κ3) is 6.02. The van der Waals surface area contributed by atoms with Crippen LogP contribution < -0.4 is 10.6 Å². The third-order valence-electron chi connectivity index (χ3n) is 4.54. The molecule has 3 aromatic rings. The van der Waals surface area contributed by atoms with Crippen LogP contribution in [0.3, 0.4) is 0 Å². The van der Waals surface area contributed by atoms with Crippen LogP contribution in [0, 0.1) is 13.8 Å². The Hall–Kier alpha value is -1.94. The fraction of sp³-hybridized carbons (Fsp3) is 0.381. The number of rotatable bonds is 7. The Morgan fingerprint density at radius 3 is 2.55 bits per heavy atom. The Kier molecular flexibility index (Phi) is 9.09. The third-order valence-corrected chi connectivity index (χ3v) is 5.68. The maximum Gasteiger partial charge on any atom is 0.191 e. The highest BCUT2D eigenvalue weighted by Crippen LogP contribution is 2.18. The van der Waals surface area contributed by atoms with Crippen molar-refractivity contribution in [3.05, 3.63) is 63.4 Å². The molecule has 0 saturated heterocycles. The summed E-state index contributed by atoms with van der Waals surface area (Å²) in [4.78, 5) is 10.5. The van der Waals surface area contributed by atoms with Crippen molar-refractivity contribution in [1.82, 2.24) is 25.4 Å². The van der Waals surface area contributed by atoms with E-state index in [0.29, 0.717) is 13.1 Å². The second kappa shape index (κ2) is 11.3. The first-order valence-electron chi connectivity index (χ1n) is 9.68.